The van der Waals surface area contributed by atoms with Crippen LogP contribution in [0.1, 0.15) is 47.1 Å². The van der Waals surface area contributed by atoms with Crippen LogP contribution in [0.15, 0.2) is 5.38 Å². The summed E-state index contributed by atoms with van der Waals surface area (Å²) in [6.07, 6.45) is 4.86. The molecule has 1 amide bonds. The highest BCUT2D eigenvalue weighted by Crippen LogP contribution is 2.41. The Hall–Kier alpha value is -0.940. The van der Waals surface area contributed by atoms with Crippen molar-refractivity contribution in [3.8, 4) is 0 Å². The van der Waals surface area contributed by atoms with Gasteiger partial charge in [0.15, 0.2) is 0 Å². The summed E-state index contributed by atoms with van der Waals surface area (Å²) in [6, 6.07) is 0.112. The third-order valence-corrected chi connectivity index (χ3v) is 4.41. The summed E-state index contributed by atoms with van der Waals surface area (Å²) in [7, 11) is 0. The summed E-state index contributed by atoms with van der Waals surface area (Å²) in [5.74, 6) is 1.16. The fraction of sp³-hybridized carbons (Fsp3) is 0.667. The molecule has 0 saturated heterocycles. The van der Waals surface area contributed by atoms with Gasteiger partial charge in [-0.2, -0.15) is 0 Å². The molecule has 0 radical (unpaired) electrons. The van der Waals surface area contributed by atoms with Gasteiger partial charge in [-0.1, -0.05) is 0 Å². The van der Waals surface area contributed by atoms with Gasteiger partial charge in [0.2, 0.25) is 0 Å². The minimum Gasteiger partial charge on any atom is -0.349 e. The predicted octanol–water partition coefficient (Wildman–Crippen LogP) is 1.49. The highest BCUT2D eigenvalue weighted by atomic mass is 32.1. The number of rotatable bonds is 5. The number of nitrogens with zero attached hydrogens (tertiary/aromatic N) is 1. The van der Waals surface area contributed by atoms with Crippen molar-refractivity contribution in [1.29, 1.82) is 0 Å². The first kappa shape index (κ1) is 11.2. The minimum absolute atomic E-state index is 0.0794. The van der Waals surface area contributed by atoms with E-state index in [9.17, 15) is 4.79 Å². The van der Waals surface area contributed by atoms with Gasteiger partial charge in [-0.25, -0.2) is 4.98 Å². The second-order valence-corrected chi connectivity index (χ2v) is 5.95. The third-order valence-electron chi connectivity index (χ3n) is 3.41. The van der Waals surface area contributed by atoms with Gasteiger partial charge in [-0.15, -0.1) is 11.3 Å². The number of nitrogens with one attached hydrogen (secondary N) is 1. The molecule has 1 aromatic rings. The lowest BCUT2D eigenvalue weighted by molar-refractivity contribution is 0.0946. The lowest BCUT2D eigenvalue weighted by Crippen LogP contribution is -2.38. The Kier molecular flexibility index (Phi) is 2.88. The number of thiazole rings is 1. The number of carbonyl (C=O) groups is 1. The van der Waals surface area contributed by atoms with Gasteiger partial charge in [0.1, 0.15) is 5.69 Å². The van der Waals surface area contributed by atoms with Crippen molar-refractivity contribution in [2.45, 2.75) is 37.6 Å². The number of amides is 1. The summed E-state index contributed by atoms with van der Waals surface area (Å²) < 4.78 is 0. The number of aromatic nitrogens is 1. The van der Waals surface area contributed by atoms with Crippen molar-refractivity contribution < 1.29 is 4.79 Å². The average molecular weight is 251 g/mol. The Bertz CT molecular complexity index is 423. The number of hydrogen-bond donors (Lipinski definition) is 2. The number of hydrogen-bond acceptors (Lipinski definition) is 4. The van der Waals surface area contributed by atoms with Gasteiger partial charge in [0.05, 0.1) is 5.01 Å². The Labute approximate surface area is 105 Å². The molecule has 2 aliphatic rings. The number of carbonyl (C=O) groups excluding carboxylic acids is 1. The summed E-state index contributed by atoms with van der Waals surface area (Å²) in [5, 5.41) is 5.84. The van der Waals surface area contributed by atoms with Crippen molar-refractivity contribution in [1.82, 2.24) is 10.3 Å². The van der Waals surface area contributed by atoms with E-state index in [1.165, 1.54) is 25.7 Å². The average Bonchev–Trinajstić information content (AvgIpc) is 3.23. The van der Waals surface area contributed by atoms with Gasteiger partial charge in [-0.3, -0.25) is 4.79 Å². The lowest BCUT2D eigenvalue weighted by Gasteiger charge is -2.10. The lowest BCUT2D eigenvalue weighted by atomic mass is 10.2. The van der Waals surface area contributed by atoms with Crippen LogP contribution in [-0.4, -0.2) is 23.5 Å². The van der Waals surface area contributed by atoms with E-state index in [1.807, 2.05) is 5.38 Å². The van der Waals surface area contributed by atoms with Gasteiger partial charge < -0.3 is 11.1 Å². The third kappa shape index (κ3) is 2.66. The van der Waals surface area contributed by atoms with E-state index in [0.717, 1.165) is 5.01 Å². The van der Waals surface area contributed by atoms with Crippen LogP contribution in [0, 0.1) is 5.92 Å². The van der Waals surface area contributed by atoms with Crippen molar-refractivity contribution in [2.75, 3.05) is 6.54 Å². The van der Waals surface area contributed by atoms with Crippen LogP contribution in [0.2, 0.25) is 0 Å². The summed E-state index contributed by atoms with van der Waals surface area (Å²) >= 11 is 1.60. The molecule has 3 N–H and O–H groups in total. The monoisotopic (exact) mass is 251 g/mol. The Morgan fingerprint density at radius 1 is 1.53 bits per heavy atom. The van der Waals surface area contributed by atoms with E-state index >= 15 is 0 Å². The molecule has 2 saturated carbocycles. The number of nitrogens with two attached hydrogens (primary N) is 1. The maximum Gasteiger partial charge on any atom is 0.270 e. The van der Waals surface area contributed by atoms with Crippen LogP contribution in [-0.2, 0) is 0 Å². The van der Waals surface area contributed by atoms with Crippen LogP contribution in [0.5, 0.6) is 0 Å². The molecular weight excluding hydrogens is 234 g/mol. The second kappa shape index (κ2) is 4.38. The van der Waals surface area contributed by atoms with Crippen molar-refractivity contribution >= 4 is 17.2 Å². The zero-order valence-corrected chi connectivity index (χ0v) is 10.5. The standard InChI is InChI=1S/C12H17N3OS/c13-9(7-1-2-7)5-14-11(16)10-6-17-12(15-10)8-3-4-8/h6-9H,1-5,13H2,(H,14,16). The smallest absolute Gasteiger partial charge is 0.270 e. The molecule has 1 aromatic heterocycles. The summed E-state index contributed by atoms with van der Waals surface area (Å²) in [4.78, 5) is 16.2. The molecule has 0 aromatic carbocycles. The zero-order valence-electron chi connectivity index (χ0n) is 9.69. The zero-order chi connectivity index (χ0) is 11.8. The van der Waals surface area contributed by atoms with Gasteiger partial charge in [0.25, 0.3) is 5.91 Å². The Morgan fingerprint density at radius 2 is 2.29 bits per heavy atom. The largest absolute Gasteiger partial charge is 0.349 e. The molecule has 0 spiro atoms. The van der Waals surface area contributed by atoms with E-state index in [1.54, 1.807) is 11.3 Å². The van der Waals surface area contributed by atoms with Gasteiger partial charge in [0, 0.05) is 23.9 Å². The summed E-state index contributed by atoms with van der Waals surface area (Å²) in [5.41, 5.74) is 6.49. The van der Waals surface area contributed by atoms with Crippen molar-refractivity contribution in [3.63, 3.8) is 0 Å². The molecule has 1 heterocycles. The first-order valence-electron chi connectivity index (χ1n) is 6.23. The highest BCUT2D eigenvalue weighted by molar-refractivity contribution is 7.10. The molecule has 0 aliphatic heterocycles. The second-order valence-electron chi connectivity index (χ2n) is 5.06. The molecule has 0 bridgehead atoms. The Balaban J connectivity index is 1.53. The van der Waals surface area contributed by atoms with E-state index < -0.39 is 0 Å². The molecule has 92 valence electrons. The van der Waals surface area contributed by atoms with Gasteiger partial charge >= 0.3 is 0 Å². The maximum absolute atomic E-state index is 11.8. The molecule has 1 unspecified atom stereocenters. The van der Waals surface area contributed by atoms with Crippen LogP contribution in [0.25, 0.3) is 0 Å². The Morgan fingerprint density at radius 3 is 2.94 bits per heavy atom. The minimum atomic E-state index is -0.0794. The predicted molar refractivity (Wildman–Crippen MR) is 67.1 cm³/mol. The van der Waals surface area contributed by atoms with Crippen LogP contribution in [0.3, 0.4) is 0 Å². The summed E-state index contributed by atoms with van der Waals surface area (Å²) in [6.45, 7) is 0.569. The topological polar surface area (TPSA) is 68.0 Å². The molecule has 17 heavy (non-hydrogen) atoms. The maximum atomic E-state index is 11.8. The normalized spacial score (nSPS) is 21.2. The van der Waals surface area contributed by atoms with Crippen molar-refractivity contribution in [2.24, 2.45) is 11.7 Å². The quantitative estimate of drug-likeness (QED) is 0.833. The first-order chi connectivity index (χ1) is 8.24. The molecule has 5 heteroatoms. The van der Waals surface area contributed by atoms with Crippen LogP contribution < -0.4 is 11.1 Å². The molecule has 4 nitrogen and oxygen atoms in total. The molecule has 2 aliphatic carbocycles. The van der Waals surface area contributed by atoms with E-state index in [4.69, 9.17) is 5.73 Å². The molecular formula is C12H17N3OS. The first-order valence-corrected chi connectivity index (χ1v) is 7.11. The van der Waals surface area contributed by atoms with Crippen LogP contribution >= 0.6 is 11.3 Å². The van der Waals surface area contributed by atoms with E-state index in [-0.39, 0.29) is 11.9 Å². The van der Waals surface area contributed by atoms with Crippen molar-refractivity contribution in [3.05, 3.63) is 16.1 Å². The fourth-order valence-electron chi connectivity index (χ4n) is 1.90. The van der Waals surface area contributed by atoms with E-state index in [2.05, 4.69) is 10.3 Å². The molecule has 3 rings (SSSR count). The fourth-order valence-corrected chi connectivity index (χ4v) is 2.87. The van der Waals surface area contributed by atoms with Crippen LogP contribution in [0.4, 0.5) is 0 Å². The van der Waals surface area contributed by atoms with E-state index in [0.29, 0.717) is 24.1 Å². The molecule has 1 atom stereocenters. The van der Waals surface area contributed by atoms with Gasteiger partial charge in [-0.05, 0) is 31.6 Å². The molecule has 2 fully saturated rings. The SMILES string of the molecule is NC(CNC(=O)c1csc(C2CC2)n1)C1CC1. The highest BCUT2D eigenvalue weighted by Gasteiger charge is 2.29.